The van der Waals surface area contributed by atoms with E-state index < -0.39 is 0 Å². The highest BCUT2D eigenvalue weighted by atomic mass is 16.6. The fraction of sp³-hybridized carbons (Fsp3) is 0.667. The van der Waals surface area contributed by atoms with Gasteiger partial charge in [-0.15, -0.1) is 13.2 Å². The third kappa shape index (κ3) is 3.16. The van der Waals surface area contributed by atoms with Gasteiger partial charge in [0.1, 0.15) is 12.2 Å². The Balaban J connectivity index is 1.47. The normalized spacial score (nSPS) is 37.3. The van der Waals surface area contributed by atoms with Gasteiger partial charge in [0.2, 0.25) is 0 Å². The summed E-state index contributed by atoms with van der Waals surface area (Å²) in [7, 11) is 0. The van der Waals surface area contributed by atoms with Gasteiger partial charge in [0.25, 0.3) is 0 Å². The molecule has 2 fully saturated rings. The molecular weight excluding hydrogens is 192 g/mol. The van der Waals surface area contributed by atoms with Gasteiger partial charge in [-0.05, 0) is 12.8 Å². The average molecular weight is 210 g/mol. The summed E-state index contributed by atoms with van der Waals surface area (Å²) in [5.41, 5.74) is 0. The van der Waals surface area contributed by atoms with Crippen molar-refractivity contribution in [3.63, 3.8) is 0 Å². The minimum absolute atomic E-state index is 0.277. The summed E-state index contributed by atoms with van der Waals surface area (Å²) in [5.74, 6) is 0. The maximum Gasteiger partial charge on any atom is 0.108 e. The lowest BCUT2D eigenvalue weighted by atomic mass is 10.2. The minimum Gasteiger partial charge on any atom is -0.376 e. The first-order chi connectivity index (χ1) is 7.35. The van der Waals surface area contributed by atoms with Crippen molar-refractivity contribution in [1.29, 1.82) is 0 Å². The summed E-state index contributed by atoms with van der Waals surface area (Å²) < 4.78 is 16.3. The molecule has 2 aliphatic rings. The van der Waals surface area contributed by atoms with Crippen molar-refractivity contribution in [2.45, 2.75) is 37.3 Å². The van der Waals surface area contributed by atoms with Crippen molar-refractivity contribution < 1.29 is 14.2 Å². The van der Waals surface area contributed by atoms with Crippen LogP contribution in [0.4, 0.5) is 0 Å². The first-order valence-corrected chi connectivity index (χ1v) is 5.45. The van der Waals surface area contributed by atoms with Crippen LogP contribution in [0.15, 0.2) is 25.3 Å². The van der Waals surface area contributed by atoms with Gasteiger partial charge in [-0.25, -0.2) is 0 Å². The number of hydrogen-bond donors (Lipinski definition) is 0. The largest absolute Gasteiger partial charge is 0.376 e. The summed E-state index contributed by atoms with van der Waals surface area (Å²) in [6, 6.07) is 0. The molecule has 0 aromatic heterocycles. The van der Waals surface area contributed by atoms with Gasteiger partial charge >= 0.3 is 0 Å². The zero-order chi connectivity index (χ0) is 10.7. The first kappa shape index (κ1) is 10.9. The molecule has 2 heterocycles. The topological polar surface area (TPSA) is 34.3 Å². The molecule has 0 bridgehead atoms. The standard InChI is InChI=1S/C12H18O3/c1-3-5-9-11(14-9)7-13-8-12-10(15-12)6-4-2/h3-4,9-12H,1-2,5-8H2. The smallest absolute Gasteiger partial charge is 0.108 e. The molecule has 4 unspecified atom stereocenters. The van der Waals surface area contributed by atoms with E-state index in [1.54, 1.807) is 0 Å². The van der Waals surface area contributed by atoms with Crippen molar-refractivity contribution in [3.05, 3.63) is 25.3 Å². The number of rotatable bonds is 8. The number of ether oxygens (including phenoxy) is 3. The Bertz CT molecular complexity index is 215. The van der Waals surface area contributed by atoms with Crippen molar-refractivity contribution >= 4 is 0 Å². The number of hydrogen-bond acceptors (Lipinski definition) is 3. The maximum absolute atomic E-state index is 5.52. The lowest BCUT2D eigenvalue weighted by Crippen LogP contribution is -2.10. The molecule has 0 spiro atoms. The van der Waals surface area contributed by atoms with Crippen LogP contribution in [-0.2, 0) is 14.2 Å². The Labute approximate surface area is 90.7 Å². The molecule has 3 heteroatoms. The predicted octanol–water partition coefficient (Wildman–Crippen LogP) is 1.69. The van der Waals surface area contributed by atoms with E-state index in [-0.39, 0.29) is 12.2 Å². The minimum atomic E-state index is 0.277. The molecule has 0 amide bonds. The first-order valence-electron chi connectivity index (χ1n) is 5.45. The summed E-state index contributed by atoms with van der Waals surface area (Å²) in [6.45, 7) is 8.71. The highest BCUT2D eigenvalue weighted by molar-refractivity contribution is 4.92. The molecule has 15 heavy (non-hydrogen) atoms. The van der Waals surface area contributed by atoms with Crippen LogP contribution in [-0.4, -0.2) is 37.6 Å². The van der Waals surface area contributed by atoms with Crippen LogP contribution in [0.1, 0.15) is 12.8 Å². The summed E-state index contributed by atoms with van der Waals surface area (Å²) in [5, 5.41) is 0. The van der Waals surface area contributed by atoms with Gasteiger partial charge < -0.3 is 14.2 Å². The highest BCUT2D eigenvalue weighted by Crippen LogP contribution is 2.28. The average Bonchev–Trinajstić information content (AvgIpc) is 3.09. The van der Waals surface area contributed by atoms with Crippen LogP contribution in [0.25, 0.3) is 0 Å². The van der Waals surface area contributed by atoms with E-state index in [2.05, 4.69) is 13.2 Å². The van der Waals surface area contributed by atoms with Crippen LogP contribution in [0.5, 0.6) is 0 Å². The molecule has 0 radical (unpaired) electrons. The van der Waals surface area contributed by atoms with Crippen LogP contribution >= 0.6 is 0 Å². The Kier molecular flexibility index (Phi) is 3.57. The van der Waals surface area contributed by atoms with Gasteiger partial charge in [0, 0.05) is 0 Å². The predicted molar refractivity (Wildman–Crippen MR) is 57.8 cm³/mol. The molecule has 0 aromatic carbocycles. The highest BCUT2D eigenvalue weighted by Gasteiger charge is 2.40. The van der Waals surface area contributed by atoms with Crippen molar-refractivity contribution in [3.8, 4) is 0 Å². The summed E-state index contributed by atoms with van der Waals surface area (Å²) in [6.07, 6.45) is 6.85. The lowest BCUT2D eigenvalue weighted by molar-refractivity contribution is 0.102. The molecular formula is C12H18O3. The zero-order valence-electron chi connectivity index (χ0n) is 8.93. The van der Waals surface area contributed by atoms with Crippen LogP contribution < -0.4 is 0 Å². The molecule has 2 rings (SSSR count). The quantitative estimate of drug-likeness (QED) is 0.451. The van der Waals surface area contributed by atoms with Crippen LogP contribution in [0.3, 0.4) is 0 Å². The van der Waals surface area contributed by atoms with Crippen LogP contribution in [0.2, 0.25) is 0 Å². The van der Waals surface area contributed by atoms with Gasteiger partial charge in [0.15, 0.2) is 0 Å². The third-order valence-corrected chi connectivity index (χ3v) is 2.74. The zero-order valence-corrected chi connectivity index (χ0v) is 8.93. The van der Waals surface area contributed by atoms with E-state index >= 15 is 0 Å². The van der Waals surface area contributed by atoms with Crippen molar-refractivity contribution in [1.82, 2.24) is 0 Å². The molecule has 4 atom stereocenters. The molecule has 2 saturated heterocycles. The van der Waals surface area contributed by atoms with Crippen molar-refractivity contribution in [2.75, 3.05) is 13.2 Å². The summed E-state index contributed by atoms with van der Waals surface area (Å²) >= 11 is 0. The molecule has 0 aromatic rings. The second-order valence-electron chi connectivity index (χ2n) is 4.01. The van der Waals surface area contributed by atoms with Gasteiger partial charge in [-0.1, -0.05) is 12.2 Å². The molecule has 84 valence electrons. The Morgan fingerprint density at radius 3 is 1.73 bits per heavy atom. The van der Waals surface area contributed by atoms with Gasteiger partial charge in [0.05, 0.1) is 25.4 Å². The second-order valence-corrected chi connectivity index (χ2v) is 4.01. The molecule has 0 N–H and O–H groups in total. The fourth-order valence-corrected chi connectivity index (χ4v) is 1.70. The second kappa shape index (κ2) is 4.92. The number of epoxide rings is 2. The fourth-order valence-electron chi connectivity index (χ4n) is 1.70. The van der Waals surface area contributed by atoms with Gasteiger partial charge in [-0.3, -0.25) is 0 Å². The van der Waals surface area contributed by atoms with E-state index in [9.17, 15) is 0 Å². The van der Waals surface area contributed by atoms with E-state index in [4.69, 9.17) is 14.2 Å². The van der Waals surface area contributed by atoms with E-state index in [0.29, 0.717) is 25.4 Å². The lowest BCUT2D eigenvalue weighted by Gasteiger charge is -1.97. The molecule has 0 saturated carbocycles. The summed E-state index contributed by atoms with van der Waals surface area (Å²) in [4.78, 5) is 0. The third-order valence-electron chi connectivity index (χ3n) is 2.74. The Morgan fingerprint density at radius 1 is 0.867 bits per heavy atom. The van der Waals surface area contributed by atoms with E-state index in [1.165, 1.54) is 0 Å². The van der Waals surface area contributed by atoms with E-state index in [0.717, 1.165) is 12.8 Å². The van der Waals surface area contributed by atoms with Gasteiger partial charge in [-0.2, -0.15) is 0 Å². The maximum atomic E-state index is 5.52. The SMILES string of the molecule is C=CCC1OC1COCC1OC1CC=C. The molecule has 3 nitrogen and oxygen atoms in total. The molecule has 2 aliphatic heterocycles. The monoisotopic (exact) mass is 210 g/mol. The van der Waals surface area contributed by atoms with Crippen LogP contribution in [0, 0.1) is 0 Å². The molecule has 0 aliphatic carbocycles. The van der Waals surface area contributed by atoms with Crippen molar-refractivity contribution in [2.24, 2.45) is 0 Å². The Hall–Kier alpha value is -0.640. The van der Waals surface area contributed by atoms with E-state index in [1.807, 2.05) is 12.2 Å². The Morgan fingerprint density at radius 2 is 1.33 bits per heavy atom.